The molecule has 0 aliphatic carbocycles. The van der Waals surface area contributed by atoms with Gasteiger partial charge in [-0.05, 0) is 62.7 Å². The smallest absolute Gasteiger partial charge is 0.410 e. The quantitative estimate of drug-likeness (QED) is 0.690. The highest BCUT2D eigenvalue weighted by molar-refractivity contribution is 9.10. The second kappa shape index (κ2) is 7.02. The maximum atomic E-state index is 12.6. The van der Waals surface area contributed by atoms with Gasteiger partial charge in [-0.2, -0.15) is 0 Å². The van der Waals surface area contributed by atoms with Crippen LogP contribution in [0.15, 0.2) is 29.0 Å². The van der Waals surface area contributed by atoms with Gasteiger partial charge in [-0.15, -0.1) is 0 Å². The summed E-state index contributed by atoms with van der Waals surface area (Å²) in [5.74, 6) is 0. The van der Waals surface area contributed by atoms with Crippen LogP contribution in [-0.2, 0) is 4.74 Å². The molecule has 6 nitrogen and oxygen atoms in total. The number of hydrogen-bond donors (Lipinski definition) is 0. The molecular formula is C19H25BrN4O2. The van der Waals surface area contributed by atoms with Crippen LogP contribution in [0.25, 0.3) is 11.0 Å². The van der Waals surface area contributed by atoms with Gasteiger partial charge in [0, 0.05) is 30.0 Å². The standard InChI is InChI=1S/C19H25BrN4O2/c1-12-10-23(11-13(2)24(12)18(25)26-19(3,4)5)15-7-6-14(20)16-17(15)22-9-8-21-16/h6-9,12-13H,10-11H2,1-5H3/t12-,13+. The molecule has 2 aromatic rings. The van der Waals surface area contributed by atoms with Crippen LogP contribution in [0.5, 0.6) is 0 Å². The average Bonchev–Trinajstić information content (AvgIpc) is 2.53. The maximum Gasteiger partial charge on any atom is 0.410 e. The molecule has 0 spiro atoms. The van der Waals surface area contributed by atoms with Crippen LogP contribution in [0.1, 0.15) is 34.6 Å². The predicted octanol–water partition coefficient (Wildman–Crippen LogP) is 4.23. The van der Waals surface area contributed by atoms with E-state index in [2.05, 4.69) is 50.7 Å². The Morgan fingerprint density at radius 2 is 1.69 bits per heavy atom. The van der Waals surface area contributed by atoms with Crippen molar-refractivity contribution < 1.29 is 9.53 Å². The molecule has 0 N–H and O–H groups in total. The molecule has 0 saturated carbocycles. The summed E-state index contributed by atoms with van der Waals surface area (Å²) in [5.41, 5.74) is 2.26. The molecule has 1 amide bonds. The van der Waals surface area contributed by atoms with Gasteiger partial charge in [-0.1, -0.05) is 0 Å². The highest BCUT2D eigenvalue weighted by Crippen LogP contribution is 2.32. The van der Waals surface area contributed by atoms with E-state index in [1.165, 1.54) is 0 Å². The third-order valence-corrected chi connectivity index (χ3v) is 5.06. The van der Waals surface area contributed by atoms with Crippen molar-refractivity contribution in [3.8, 4) is 0 Å². The van der Waals surface area contributed by atoms with Gasteiger partial charge in [0.25, 0.3) is 0 Å². The summed E-state index contributed by atoms with van der Waals surface area (Å²) < 4.78 is 6.51. The maximum absolute atomic E-state index is 12.6. The number of halogens is 1. The summed E-state index contributed by atoms with van der Waals surface area (Å²) in [5, 5.41) is 0. The first-order valence-corrected chi connectivity index (χ1v) is 9.62. The van der Waals surface area contributed by atoms with Gasteiger partial charge in [0.1, 0.15) is 16.6 Å². The minimum Gasteiger partial charge on any atom is -0.444 e. The second-order valence-corrected chi connectivity index (χ2v) is 8.67. The zero-order valence-electron chi connectivity index (χ0n) is 15.9. The number of fused-ring (bicyclic) bond motifs is 1. The van der Waals surface area contributed by atoms with Crippen LogP contribution in [0.3, 0.4) is 0 Å². The molecule has 1 aromatic heterocycles. The lowest BCUT2D eigenvalue weighted by Gasteiger charge is -2.45. The Morgan fingerprint density at radius 3 is 2.27 bits per heavy atom. The van der Waals surface area contributed by atoms with Crippen molar-refractivity contribution in [2.75, 3.05) is 18.0 Å². The fourth-order valence-corrected chi connectivity index (χ4v) is 3.88. The third kappa shape index (κ3) is 3.77. The van der Waals surface area contributed by atoms with Crippen molar-refractivity contribution in [1.29, 1.82) is 0 Å². The number of ether oxygens (including phenoxy) is 1. The molecule has 1 aromatic carbocycles. The first-order chi connectivity index (χ1) is 12.2. The number of benzene rings is 1. The molecule has 1 fully saturated rings. The fraction of sp³-hybridized carbons (Fsp3) is 0.526. The molecule has 3 rings (SSSR count). The zero-order chi connectivity index (χ0) is 19.1. The molecule has 26 heavy (non-hydrogen) atoms. The van der Waals surface area contributed by atoms with Crippen molar-refractivity contribution >= 4 is 38.7 Å². The molecule has 2 atom stereocenters. The van der Waals surface area contributed by atoms with E-state index < -0.39 is 5.60 Å². The summed E-state index contributed by atoms with van der Waals surface area (Å²) >= 11 is 3.54. The lowest BCUT2D eigenvalue weighted by Crippen LogP contribution is -2.59. The molecule has 1 saturated heterocycles. The molecule has 7 heteroatoms. The molecule has 1 aliphatic rings. The Balaban J connectivity index is 1.86. The number of carbonyl (C=O) groups is 1. The SMILES string of the molecule is C[C@@H]1CN(c2ccc(Br)c3nccnc23)C[C@H](C)N1C(=O)OC(C)(C)C. The monoisotopic (exact) mass is 420 g/mol. The molecule has 0 radical (unpaired) electrons. The number of hydrogen-bond acceptors (Lipinski definition) is 5. The second-order valence-electron chi connectivity index (χ2n) is 7.81. The van der Waals surface area contributed by atoms with E-state index in [1.54, 1.807) is 12.4 Å². The number of anilines is 1. The van der Waals surface area contributed by atoms with Gasteiger partial charge < -0.3 is 9.64 Å². The Hall–Kier alpha value is -1.89. The van der Waals surface area contributed by atoms with Gasteiger partial charge in [-0.3, -0.25) is 14.9 Å². The van der Waals surface area contributed by atoms with Crippen molar-refractivity contribution in [1.82, 2.24) is 14.9 Å². The number of piperazine rings is 1. The molecule has 2 heterocycles. The summed E-state index contributed by atoms with van der Waals surface area (Å²) in [4.78, 5) is 25.7. The van der Waals surface area contributed by atoms with Gasteiger partial charge >= 0.3 is 6.09 Å². The first-order valence-electron chi connectivity index (χ1n) is 8.83. The number of amides is 1. The molecule has 0 bridgehead atoms. The van der Waals surface area contributed by atoms with E-state index in [0.29, 0.717) is 0 Å². The summed E-state index contributed by atoms with van der Waals surface area (Å²) in [6.45, 7) is 11.2. The molecule has 140 valence electrons. The van der Waals surface area contributed by atoms with Crippen LogP contribution >= 0.6 is 15.9 Å². The van der Waals surface area contributed by atoms with Gasteiger partial charge in [0.15, 0.2) is 0 Å². The summed E-state index contributed by atoms with van der Waals surface area (Å²) in [7, 11) is 0. The Morgan fingerprint density at radius 1 is 1.12 bits per heavy atom. The van der Waals surface area contributed by atoms with Gasteiger partial charge in [0.05, 0.1) is 17.8 Å². The van der Waals surface area contributed by atoms with Crippen LogP contribution in [-0.4, -0.2) is 51.7 Å². The van der Waals surface area contributed by atoms with E-state index >= 15 is 0 Å². The highest BCUT2D eigenvalue weighted by Gasteiger charge is 2.36. The van der Waals surface area contributed by atoms with E-state index in [9.17, 15) is 4.79 Å². The lowest BCUT2D eigenvalue weighted by atomic mass is 10.1. The van der Waals surface area contributed by atoms with E-state index in [0.717, 1.165) is 34.3 Å². The van der Waals surface area contributed by atoms with E-state index in [-0.39, 0.29) is 18.2 Å². The minimum absolute atomic E-state index is 0.0315. The molecule has 0 unspecified atom stereocenters. The number of aromatic nitrogens is 2. The van der Waals surface area contributed by atoms with E-state index in [4.69, 9.17) is 4.74 Å². The number of rotatable bonds is 1. The van der Waals surface area contributed by atoms with E-state index in [1.807, 2.05) is 31.7 Å². The Bertz CT molecular complexity index is 809. The van der Waals surface area contributed by atoms with Crippen LogP contribution in [0.4, 0.5) is 10.5 Å². The predicted molar refractivity (Wildman–Crippen MR) is 106 cm³/mol. The Labute approximate surface area is 162 Å². The van der Waals surface area contributed by atoms with Crippen LogP contribution in [0, 0.1) is 0 Å². The summed E-state index contributed by atoms with van der Waals surface area (Å²) in [6, 6.07) is 4.12. The molecular weight excluding hydrogens is 396 g/mol. The number of nitrogens with zero attached hydrogens (tertiary/aromatic N) is 4. The van der Waals surface area contributed by atoms with Crippen molar-refractivity contribution in [3.63, 3.8) is 0 Å². The third-order valence-electron chi connectivity index (χ3n) is 4.42. The number of carbonyl (C=O) groups excluding carboxylic acids is 1. The van der Waals surface area contributed by atoms with Crippen LogP contribution < -0.4 is 4.90 Å². The Kier molecular flexibility index (Phi) is 5.10. The first kappa shape index (κ1) is 18.9. The highest BCUT2D eigenvalue weighted by atomic mass is 79.9. The lowest BCUT2D eigenvalue weighted by molar-refractivity contribution is 0.00568. The summed E-state index contributed by atoms with van der Waals surface area (Å²) in [6.07, 6.45) is 3.16. The van der Waals surface area contributed by atoms with Crippen molar-refractivity contribution in [2.45, 2.75) is 52.3 Å². The van der Waals surface area contributed by atoms with Crippen molar-refractivity contribution in [3.05, 3.63) is 29.0 Å². The zero-order valence-corrected chi connectivity index (χ0v) is 17.4. The van der Waals surface area contributed by atoms with Gasteiger partial charge in [-0.25, -0.2) is 4.79 Å². The van der Waals surface area contributed by atoms with Crippen molar-refractivity contribution in [2.24, 2.45) is 0 Å². The van der Waals surface area contributed by atoms with Gasteiger partial charge in [0.2, 0.25) is 0 Å². The largest absolute Gasteiger partial charge is 0.444 e. The molecule has 1 aliphatic heterocycles. The average molecular weight is 421 g/mol. The van der Waals surface area contributed by atoms with Crippen LogP contribution in [0.2, 0.25) is 0 Å². The fourth-order valence-electron chi connectivity index (χ4n) is 3.46. The topological polar surface area (TPSA) is 58.6 Å². The normalized spacial score (nSPS) is 21.2. The minimum atomic E-state index is -0.495.